The summed E-state index contributed by atoms with van der Waals surface area (Å²) < 4.78 is 11.1. The van der Waals surface area contributed by atoms with Crippen molar-refractivity contribution in [3.8, 4) is 11.5 Å². The lowest BCUT2D eigenvalue weighted by Crippen LogP contribution is -2.37. The van der Waals surface area contributed by atoms with Gasteiger partial charge in [-0.3, -0.25) is 4.79 Å². The Kier molecular flexibility index (Phi) is 5.66. The average molecular weight is 347 g/mol. The molecule has 6 nitrogen and oxygen atoms in total. The molecule has 128 valence electrons. The number of carbonyl (C=O) groups is 1. The highest BCUT2D eigenvalue weighted by Crippen LogP contribution is 2.28. The van der Waals surface area contributed by atoms with Gasteiger partial charge in [0.05, 0.1) is 18.3 Å². The maximum Gasteiger partial charge on any atom is 0.251 e. The zero-order valence-corrected chi connectivity index (χ0v) is 14.4. The fourth-order valence-electron chi connectivity index (χ4n) is 2.64. The largest absolute Gasteiger partial charge is 0.493 e. The van der Waals surface area contributed by atoms with Gasteiger partial charge in [0.1, 0.15) is 6.61 Å². The van der Waals surface area contributed by atoms with Crippen molar-refractivity contribution in [1.29, 1.82) is 0 Å². The molecule has 1 aliphatic heterocycles. The number of nitrogens with zero attached hydrogens (tertiary/aromatic N) is 1. The monoisotopic (exact) mass is 347 g/mol. The van der Waals surface area contributed by atoms with Crippen LogP contribution in [0.5, 0.6) is 11.5 Å². The van der Waals surface area contributed by atoms with Gasteiger partial charge in [-0.15, -0.1) is 11.3 Å². The molecule has 24 heavy (non-hydrogen) atoms. The highest BCUT2D eigenvalue weighted by molar-refractivity contribution is 7.07. The van der Waals surface area contributed by atoms with Gasteiger partial charge in [0.2, 0.25) is 0 Å². The molecule has 1 amide bonds. The van der Waals surface area contributed by atoms with Gasteiger partial charge in [-0.25, -0.2) is 4.98 Å². The first-order chi connectivity index (χ1) is 11.8. The van der Waals surface area contributed by atoms with E-state index in [1.54, 1.807) is 30.8 Å². The van der Waals surface area contributed by atoms with E-state index < -0.39 is 0 Å². The van der Waals surface area contributed by atoms with Crippen LogP contribution in [0, 0.1) is 0 Å². The van der Waals surface area contributed by atoms with E-state index >= 15 is 0 Å². The first-order valence-electron chi connectivity index (χ1n) is 7.96. The van der Waals surface area contributed by atoms with E-state index in [0.29, 0.717) is 36.3 Å². The second-order valence-corrected chi connectivity index (χ2v) is 6.36. The van der Waals surface area contributed by atoms with Gasteiger partial charge in [0.15, 0.2) is 11.5 Å². The fourth-order valence-corrected chi connectivity index (χ4v) is 3.18. The molecule has 0 aliphatic carbocycles. The predicted molar refractivity (Wildman–Crippen MR) is 92.8 cm³/mol. The SMILES string of the molecule is COc1cc(C(=O)NCC2CCCN2)ccc1OCc1cscn1. The highest BCUT2D eigenvalue weighted by atomic mass is 32.1. The van der Waals surface area contributed by atoms with Crippen molar-refractivity contribution in [2.75, 3.05) is 20.2 Å². The molecule has 1 atom stereocenters. The third-order valence-corrected chi connectivity index (χ3v) is 4.59. The van der Waals surface area contributed by atoms with Crippen molar-refractivity contribution >= 4 is 17.2 Å². The molecule has 7 heteroatoms. The minimum absolute atomic E-state index is 0.104. The minimum atomic E-state index is -0.104. The third kappa shape index (κ3) is 4.24. The maximum absolute atomic E-state index is 12.3. The molecule has 2 N–H and O–H groups in total. The van der Waals surface area contributed by atoms with Crippen LogP contribution in [0.15, 0.2) is 29.1 Å². The molecular weight excluding hydrogens is 326 g/mol. The Morgan fingerprint density at radius 1 is 1.46 bits per heavy atom. The number of thiazole rings is 1. The summed E-state index contributed by atoms with van der Waals surface area (Å²) in [4.78, 5) is 16.5. The maximum atomic E-state index is 12.3. The number of carbonyl (C=O) groups excluding carboxylic acids is 1. The van der Waals surface area contributed by atoms with Crippen LogP contribution in [0.1, 0.15) is 28.9 Å². The van der Waals surface area contributed by atoms with Gasteiger partial charge >= 0.3 is 0 Å². The predicted octanol–water partition coefficient (Wildman–Crippen LogP) is 2.21. The molecule has 1 aromatic heterocycles. The van der Waals surface area contributed by atoms with E-state index in [-0.39, 0.29) is 5.91 Å². The number of rotatable bonds is 7. The molecule has 1 unspecified atom stereocenters. The van der Waals surface area contributed by atoms with Crippen molar-refractivity contribution < 1.29 is 14.3 Å². The van der Waals surface area contributed by atoms with Crippen molar-refractivity contribution in [3.05, 3.63) is 40.3 Å². The van der Waals surface area contributed by atoms with E-state index in [1.165, 1.54) is 17.8 Å². The second kappa shape index (κ2) is 8.12. The lowest BCUT2D eigenvalue weighted by Gasteiger charge is -2.13. The lowest BCUT2D eigenvalue weighted by atomic mass is 10.1. The molecule has 2 heterocycles. The van der Waals surface area contributed by atoms with Gasteiger partial charge in [-0.2, -0.15) is 0 Å². The minimum Gasteiger partial charge on any atom is -0.493 e. The summed E-state index contributed by atoms with van der Waals surface area (Å²) in [7, 11) is 1.56. The van der Waals surface area contributed by atoms with Gasteiger partial charge in [0, 0.05) is 23.5 Å². The highest BCUT2D eigenvalue weighted by Gasteiger charge is 2.16. The fraction of sp³-hybridized carbons (Fsp3) is 0.412. The molecule has 0 saturated carbocycles. The zero-order valence-electron chi connectivity index (χ0n) is 13.6. The molecule has 2 aromatic rings. The smallest absolute Gasteiger partial charge is 0.251 e. The van der Waals surface area contributed by atoms with E-state index in [0.717, 1.165) is 18.7 Å². The van der Waals surface area contributed by atoms with Crippen molar-refractivity contribution in [2.45, 2.75) is 25.5 Å². The third-order valence-electron chi connectivity index (χ3n) is 3.96. The molecule has 0 radical (unpaired) electrons. The summed E-state index contributed by atoms with van der Waals surface area (Å²) in [5.41, 5.74) is 3.20. The average Bonchev–Trinajstić information content (AvgIpc) is 3.31. The van der Waals surface area contributed by atoms with Gasteiger partial charge in [0.25, 0.3) is 5.91 Å². The van der Waals surface area contributed by atoms with E-state index in [1.807, 2.05) is 5.38 Å². The van der Waals surface area contributed by atoms with Gasteiger partial charge < -0.3 is 20.1 Å². The van der Waals surface area contributed by atoms with E-state index in [4.69, 9.17) is 9.47 Å². The van der Waals surface area contributed by atoms with Gasteiger partial charge in [-0.05, 0) is 37.6 Å². The van der Waals surface area contributed by atoms with Gasteiger partial charge in [-0.1, -0.05) is 0 Å². The number of hydrogen-bond acceptors (Lipinski definition) is 6. The van der Waals surface area contributed by atoms with Crippen molar-refractivity contribution in [2.24, 2.45) is 0 Å². The summed E-state index contributed by atoms with van der Waals surface area (Å²) in [6.07, 6.45) is 2.27. The Balaban J connectivity index is 1.60. The standard InChI is InChI=1S/C17H21N3O3S/c1-22-16-7-12(17(21)19-8-13-3-2-6-18-13)4-5-15(16)23-9-14-10-24-11-20-14/h4-5,7,10-11,13,18H,2-3,6,8-9H2,1H3,(H,19,21). The number of benzene rings is 1. The van der Waals surface area contributed by atoms with Crippen LogP contribution in [-0.4, -0.2) is 37.1 Å². The van der Waals surface area contributed by atoms with E-state index in [9.17, 15) is 4.79 Å². The number of aromatic nitrogens is 1. The number of ether oxygens (including phenoxy) is 2. The first-order valence-corrected chi connectivity index (χ1v) is 8.90. The Bertz CT molecular complexity index is 670. The number of nitrogens with one attached hydrogen (secondary N) is 2. The van der Waals surface area contributed by atoms with Crippen LogP contribution in [0.3, 0.4) is 0 Å². The number of hydrogen-bond donors (Lipinski definition) is 2. The van der Waals surface area contributed by atoms with Crippen LogP contribution in [-0.2, 0) is 6.61 Å². The van der Waals surface area contributed by atoms with Crippen LogP contribution in [0.25, 0.3) is 0 Å². The number of methoxy groups -OCH3 is 1. The lowest BCUT2D eigenvalue weighted by molar-refractivity contribution is 0.0950. The summed E-state index contributed by atoms with van der Waals surface area (Å²) in [6.45, 7) is 2.04. The quantitative estimate of drug-likeness (QED) is 0.803. The Morgan fingerprint density at radius 3 is 3.08 bits per heavy atom. The van der Waals surface area contributed by atoms with E-state index in [2.05, 4.69) is 15.6 Å². The number of amides is 1. The first kappa shape index (κ1) is 16.7. The molecule has 3 rings (SSSR count). The molecular formula is C17H21N3O3S. The molecule has 1 saturated heterocycles. The zero-order chi connectivity index (χ0) is 16.8. The van der Waals surface area contributed by atoms with Crippen molar-refractivity contribution in [1.82, 2.24) is 15.6 Å². The van der Waals surface area contributed by atoms with Crippen LogP contribution in [0.4, 0.5) is 0 Å². The second-order valence-electron chi connectivity index (χ2n) is 5.64. The summed E-state index contributed by atoms with van der Waals surface area (Å²) >= 11 is 1.53. The molecule has 1 aliphatic rings. The van der Waals surface area contributed by atoms with Crippen LogP contribution < -0.4 is 20.1 Å². The Morgan fingerprint density at radius 2 is 2.38 bits per heavy atom. The summed E-state index contributed by atoms with van der Waals surface area (Å²) in [5, 5.41) is 8.26. The summed E-state index contributed by atoms with van der Waals surface area (Å²) in [6, 6.07) is 5.58. The Hall–Kier alpha value is -2.12. The molecule has 1 aromatic carbocycles. The molecule has 1 fully saturated rings. The van der Waals surface area contributed by atoms with Crippen LogP contribution in [0.2, 0.25) is 0 Å². The van der Waals surface area contributed by atoms with Crippen molar-refractivity contribution in [3.63, 3.8) is 0 Å². The normalized spacial score (nSPS) is 16.8. The molecule has 0 bridgehead atoms. The van der Waals surface area contributed by atoms with Crippen LogP contribution >= 0.6 is 11.3 Å². The Labute approximate surface area is 145 Å². The summed E-state index contributed by atoms with van der Waals surface area (Å²) in [5.74, 6) is 1.03. The topological polar surface area (TPSA) is 72.5 Å². The molecule has 0 spiro atoms.